The minimum Gasteiger partial charge on any atom is -0.467 e. The molecule has 0 spiro atoms. The molecule has 0 saturated carbocycles. The first-order valence-corrected chi connectivity index (χ1v) is 2.66. The second kappa shape index (κ2) is 4.55. The van der Waals surface area contributed by atoms with Crippen LogP contribution in [0.5, 0.6) is 0 Å². The predicted molar refractivity (Wildman–Crippen MR) is 35.2 cm³/mol. The molecule has 0 aromatic heterocycles. The zero-order chi connectivity index (χ0) is 7.98. The first-order chi connectivity index (χ1) is 4.76. The molecule has 1 amide bonds. The third-order valence-corrected chi connectivity index (χ3v) is 0.938. The van der Waals surface area contributed by atoms with Crippen LogP contribution in [-0.4, -0.2) is 25.5 Å². The molecule has 4 nitrogen and oxygen atoms in total. The van der Waals surface area contributed by atoms with Gasteiger partial charge >= 0.3 is 5.97 Å². The molecule has 0 heterocycles. The Bertz CT molecular complexity index is 144. The number of hydrogen-bond donors (Lipinski definition) is 1. The molecule has 1 unspecified atom stereocenters. The highest BCUT2D eigenvalue weighted by molar-refractivity contribution is 5.80. The minimum absolute atomic E-state index is 0.420. The molecule has 0 bridgehead atoms. The van der Waals surface area contributed by atoms with Gasteiger partial charge < -0.3 is 10.1 Å². The highest BCUT2D eigenvalue weighted by atomic mass is 16.5. The largest absolute Gasteiger partial charge is 0.467 e. The lowest BCUT2D eigenvalue weighted by atomic mass is 10.3. The number of methoxy groups -OCH3 is 1. The second-order valence-electron chi connectivity index (χ2n) is 1.52. The predicted octanol–water partition coefficient (Wildman–Crippen LogP) is -0.540. The lowest BCUT2D eigenvalue weighted by Crippen LogP contribution is -2.34. The molecule has 0 rings (SSSR count). The summed E-state index contributed by atoms with van der Waals surface area (Å²) >= 11 is 0. The summed E-state index contributed by atoms with van der Waals surface area (Å²) in [5.74, 6) is -0.526. The molecule has 56 valence electrons. The van der Waals surface area contributed by atoms with Crippen molar-refractivity contribution in [2.45, 2.75) is 6.04 Å². The molecule has 0 aromatic carbocycles. The van der Waals surface area contributed by atoms with E-state index < -0.39 is 12.0 Å². The van der Waals surface area contributed by atoms with Gasteiger partial charge in [0.15, 0.2) is 0 Å². The van der Waals surface area contributed by atoms with Gasteiger partial charge in [-0.2, -0.15) is 0 Å². The van der Waals surface area contributed by atoms with Crippen molar-refractivity contribution in [3.05, 3.63) is 12.7 Å². The van der Waals surface area contributed by atoms with E-state index >= 15 is 0 Å². The first kappa shape index (κ1) is 8.68. The van der Waals surface area contributed by atoms with Crippen LogP contribution < -0.4 is 5.32 Å². The molecule has 0 aromatic rings. The topological polar surface area (TPSA) is 55.4 Å². The maximum Gasteiger partial charge on any atom is 0.332 e. The Kier molecular flexibility index (Phi) is 3.95. The summed E-state index contributed by atoms with van der Waals surface area (Å²) in [6.07, 6.45) is 1.71. The molecule has 0 fully saturated rings. The Labute approximate surface area is 58.9 Å². The van der Waals surface area contributed by atoms with E-state index in [1.807, 2.05) is 0 Å². The first-order valence-electron chi connectivity index (χ1n) is 2.66. The molecule has 4 heteroatoms. The number of ether oxygens (including phenoxy) is 1. The molecular formula is C6H9NO3. The Balaban J connectivity index is 3.91. The summed E-state index contributed by atoms with van der Waals surface area (Å²) in [6.45, 7) is 3.33. The van der Waals surface area contributed by atoms with Crippen molar-refractivity contribution in [1.82, 2.24) is 5.32 Å². The highest BCUT2D eigenvalue weighted by Crippen LogP contribution is 1.85. The van der Waals surface area contributed by atoms with Gasteiger partial charge in [-0.15, -0.1) is 6.58 Å². The molecule has 0 radical (unpaired) electrons. The molecule has 0 aliphatic carbocycles. The molecule has 0 aliphatic heterocycles. The summed E-state index contributed by atoms with van der Waals surface area (Å²) < 4.78 is 4.32. The average molecular weight is 143 g/mol. The van der Waals surface area contributed by atoms with Gasteiger partial charge in [0.05, 0.1) is 7.11 Å². The summed E-state index contributed by atoms with van der Waals surface area (Å²) in [7, 11) is 1.24. The van der Waals surface area contributed by atoms with Crippen LogP contribution in [0.25, 0.3) is 0 Å². The van der Waals surface area contributed by atoms with Crippen molar-refractivity contribution >= 4 is 12.4 Å². The Morgan fingerprint density at radius 1 is 1.80 bits per heavy atom. The summed E-state index contributed by atoms with van der Waals surface area (Å²) in [5, 5.41) is 2.21. The number of nitrogens with one attached hydrogen (secondary N) is 1. The van der Waals surface area contributed by atoms with Crippen LogP contribution in [0, 0.1) is 0 Å². The molecular weight excluding hydrogens is 134 g/mol. The van der Waals surface area contributed by atoms with E-state index in [-0.39, 0.29) is 0 Å². The van der Waals surface area contributed by atoms with Crippen LogP contribution in [-0.2, 0) is 14.3 Å². The van der Waals surface area contributed by atoms with Gasteiger partial charge in [-0.3, -0.25) is 4.79 Å². The van der Waals surface area contributed by atoms with Gasteiger partial charge in [-0.25, -0.2) is 4.79 Å². The molecule has 0 saturated heterocycles. The monoisotopic (exact) mass is 143 g/mol. The van der Waals surface area contributed by atoms with Crippen molar-refractivity contribution in [2.24, 2.45) is 0 Å². The minimum atomic E-state index is -0.734. The number of rotatable bonds is 4. The fraction of sp³-hybridized carbons (Fsp3) is 0.333. The van der Waals surface area contributed by atoms with Crippen molar-refractivity contribution in [3.63, 3.8) is 0 Å². The SMILES string of the molecule is C=CC(NC=O)C(=O)OC. The van der Waals surface area contributed by atoms with Gasteiger partial charge in [-0.1, -0.05) is 6.08 Å². The van der Waals surface area contributed by atoms with Crippen molar-refractivity contribution in [3.8, 4) is 0 Å². The summed E-state index contributed by atoms with van der Waals surface area (Å²) in [4.78, 5) is 20.4. The molecule has 10 heavy (non-hydrogen) atoms. The number of carbonyl (C=O) groups excluding carboxylic acids is 2. The number of hydrogen-bond acceptors (Lipinski definition) is 3. The summed E-state index contributed by atoms with van der Waals surface area (Å²) in [5.41, 5.74) is 0. The van der Waals surface area contributed by atoms with E-state index in [0.29, 0.717) is 6.41 Å². The van der Waals surface area contributed by atoms with E-state index in [2.05, 4.69) is 16.6 Å². The van der Waals surface area contributed by atoms with E-state index in [9.17, 15) is 9.59 Å². The third kappa shape index (κ3) is 2.30. The molecule has 0 aliphatic rings. The lowest BCUT2D eigenvalue weighted by molar-refractivity contribution is -0.142. The van der Waals surface area contributed by atoms with Crippen LogP contribution in [0.4, 0.5) is 0 Å². The summed E-state index contributed by atoms with van der Waals surface area (Å²) in [6, 6.07) is -0.734. The molecule has 1 atom stereocenters. The van der Waals surface area contributed by atoms with Crippen molar-refractivity contribution < 1.29 is 14.3 Å². The highest BCUT2D eigenvalue weighted by Gasteiger charge is 2.12. The number of amides is 1. The standard InChI is InChI=1S/C6H9NO3/c1-3-5(7-4-8)6(9)10-2/h3-5H,1H2,2H3,(H,7,8). The smallest absolute Gasteiger partial charge is 0.332 e. The normalized spacial score (nSPS) is 11.3. The third-order valence-electron chi connectivity index (χ3n) is 0.938. The number of carbonyl (C=O) groups is 2. The zero-order valence-corrected chi connectivity index (χ0v) is 5.66. The van der Waals surface area contributed by atoms with E-state index in [4.69, 9.17) is 0 Å². The maximum absolute atomic E-state index is 10.6. The fourth-order valence-corrected chi connectivity index (χ4v) is 0.433. The van der Waals surface area contributed by atoms with Gasteiger partial charge in [0, 0.05) is 0 Å². The molecule has 1 N–H and O–H groups in total. The van der Waals surface area contributed by atoms with Gasteiger partial charge in [0.1, 0.15) is 6.04 Å². The zero-order valence-electron chi connectivity index (χ0n) is 5.66. The maximum atomic E-state index is 10.6. The average Bonchev–Trinajstić information content (AvgIpc) is 1.99. The van der Waals surface area contributed by atoms with Gasteiger partial charge in [0.25, 0.3) is 0 Å². The fourth-order valence-electron chi connectivity index (χ4n) is 0.433. The second-order valence-corrected chi connectivity index (χ2v) is 1.52. The van der Waals surface area contributed by atoms with Gasteiger partial charge in [-0.05, 0) is 0 Å². The number of esters is 1. The van der Waals surface area contributed by atoms with Crippen LogP contribution in [0.15, 0.2) is 12.7 Å². The van der Waals surface area contributed by atoms with Crippen LogP contribution in [0.1, 0.15) is 0 Å². The van der Waals surface area contributed by atoms with Crippen molar-refractivity contribution in [2.75, 3.05) is 7.11 Å². The van der Waals surface area contributed by atoms with E-state index in [0.717, 1.165) is 0 Å². The Morgan fingerprint density at radius 3 is 2.70 bits per heavy atom. The Morgan fingerprint density at radius 2 is 2.40 bits per heavy atom. The van der Waals surface area contributed by atoms with Crippen molar-refractivity contribution in [1.29, 1.82) is 0 Å². The van der Waals surface area contributed by atoms with E-state index in [1.54, 1.807) is 0 Å². The Hall–Kier alpha value is -1.32. The van der Waals surface area contributed by atoms with Gasteiger partial charge in [0.2, 0.25) is 6.41 Å². The van der Waals surface area contributed by atoms with E-state index in [1.165, 1.54) is 13.2 Å². The lowest BCUT2D eigenvalue weighted by Gasteiger charge is -2.06. The van der Waals surface area contributed by atoms with Crippen LogP contribution in [0.3, 0.4) is 0 Å². The van der Waals surface area contributed by atoms with Crippen LogP contribution >= 0.6 is 0 Å². The van der Waals surface area contributed by atoms with Crippen LogP contribution in [0.2, 0.25) is 0 Å². The quantitative estimate of drug-likeness (QED) is 0.326.